The number of aliphatic carboxylic acids is 3. The van der Waals surface area contributed by atoms with E-state index in [0.717, 1.165) is 6.92 Å². The quantitative estimate of drug-likeness (QED) is 0.287. The van der Waals surface area contributed by atoms with Crippen LogP contribution in [0.4, 0.5) is 4.79 Å². The van der Waals surface area contributed by atoms with Gasteiger partial charge < -0.3 is 31.3 Å². The van der Waals surface area contributed by atoms with Crippen molar-refractivity contribution in [2.75, 3.05) is 6.54 Å². The van der Waals surface area contributed by atoms with Crippen LogP contribution >= 0.6 is 0 Å². The second kappa shape index (κ2) is 9.15. The van der Waals surface area contributed by atoms with E-state index in [1.54, 1.807) is 0 Å². The third-order valence-electron chi connectivity index (χ3n) is 2.41. The third-order valence-corrected chi connectivity index (χ3v) is 2.41. The molecule has 0 unspecified atom stereocenters. The van der Waals surface area contributed by atoms with E-state index in [1.165, 1.54) is 0 Å². The van der Waals surface area contributed by atoms with Gasteiger partial charge >= 0.3 is 23.9 Å². The van der Waals surface area contributed by atoms with Gasteiger partial charge in [0.15, 0.2) is 0 Å². The van der Waals surface area contributed by atoms with Crippen molar-refractivity contribution in [3.63, 3.8) is 0 Å². The summed E-state index contributed by atoms with van der Waals surface area (Å²) in [5, 5.41) is 32.3. The lowest BCUT2D eigenvalue weighted by molar-refractivity contribution is -0.141. The molecule has 0 aliphatic heterocycles. The molecule has 0 aromatic heterocycles. The SMILES string of the molecule is CC(=O)NC[C@H](NC(=O)N[C@@H](CCC(=O)O)C(=O)O)C(=O)O. The maximum atomic E-state index is 11.6. The molecule has 0 aromatic carbocycles. The Kier molecular flexibility index (Phi) is 7.97. The van der Waals surface area contributed by atoms with Gasteiger partial charge in [-0.25, -0.2) is 14.4 Å². The lowest BCUT2D eigenvalue weighted by Crippen LogP contribution is -2.54. The summed E-state index contributed by atoms with van der Waals surface area (Å²) in [6, 6.07) is -4.04. The molecule has 6 N–H and O–H groups in total. The van der Waals surface area contributed by atoms with Crippen molar-refractivity contribution in [3.05, 3.63) is 0 Å². The molecule has 0 aliphatic carbocycles. The molecule has 2 atom stereocenters. The highest BCUT2D eigenvalue weighted by Gasteiger charge is 2.24. The fraction of sp³-hybridized carbons (Fsp3) is 0.545. The van der Waals surface area contributed by atoms with Gasteiger partial charge in [-0.3, -0.25) is 9.59 Å². The molecular weight excluding hydrogens is 302 g/mol. The topological polar surface area (TPSA) is 182 Å². The molecule has 0 bridgehead atoms. The minimum Gasteiger partial charge on any atom is -0.481 e. The molecule has 11 heteroatoms. The normalized spacial score (nSPS) is 12.6. The Morgan fingerprint density at radius 2 is 1.41 bits per heavy atom. The highest BCUT2D eigenvalue weighted by Crippen LogP contribution is 1.98. The van der Waals surface area contributed by atoms with Gasteiger partial charge in [-0.1, -0.05) is 0 Å². The average molecular weight is 319 g/mol. The Bertz CT molecular complexity index is 424. The van der Waals surface area contributed by atoms with E-state index in [9.17, 15) is 24.0 Å². The lowest BCUT2D eigenvalue weighted by Gasteiger charge is -2.18. The van der Waals surface area contributed by atoms with Crippen molar-refractivity contribution >= 4 is 29.8 Å². The van der Waals surface area contributed by atoms with Crippen LogP contribution in [0, 0.1) is 0 Å². The zero-order valence-corrected chi connectivity index (χ0v) is 11.7. The van der Waals surface area contributed by atoms with Crippen LogP contribution in [-0.2, 0) is 19.2 Å². The first-order valence-corrected chi connectivity index (χ1v) is 6.12. The summed E-state index contributed by atoms with van der Waals surface area (Å²) in [4.78, 5) is 54.4. The monoisotopic (exact) mass is 319 g/mol. The molecule has 3 amide bonds. The fourth-order valence-corrected chi connectivity index (χ4v) is 1.33. The molecule has 0 saturated carbocycles. The van der Waals surface area contributed by atoms with Crippen LogP contribution in [0.15, 0.2) is 0 Å². The number of carbonyl (C=O) groups is 5. The van der Waals surface area contributed by atoms with E-state index in [1.807, 2.05) is 10.6 Å². The number of amides is 3. The number of carboxylic acid groups (broad SMARTS) is 3. The van der Waals surface area contributed by atoms with Crippen molar-refractivity contribution in [1.82, 2.24) is 16.0 Å². The summed E-state index contributed by atoms with van der Waals surface area (Å²) in [5.74, 6) is -4.62. The Balaban J connectivity index is 4.57. The summed E-state index contributed by atoms with van der Waals surface area (Å²) in [6.45, 7) is 0.774. The Morgan fingerprint density at radius 3 is 1.82 bits per heavy atom. The number of hydrogen-bond acceptors (Lipinski definition) is 5. The summed E-state index contributed by atoms with van der Waals surface area (Å²) in [6.07, 6.45) is -0.840. The van der Waals surface area contributed by atoms with Crippen molar-refractivity contribution in [3.8, 4) is 0 Å². The summed E-state index contributed by atoms with van der Waals surface area (Å²) in [5.41, 5.74) is 0. The van der Waals surface area contributed by atoms with Gasteiger partial charge in [-0.15, -0.1) is 0 Å². The van der Waals surface area contributed by atoms with E-state index in [2.05, 4.69) is 5.32 Å². The standard InChI is InChI=1S/C11H17N3O8/c1-5(15)12-4-7(10(20)21)14-11(22)13-6(9(18)19)2-3-8(16)17/h6-7H,2-4H2,1H3,(H,12,15)(H,16,17)(H,18,19)(H,20,21)(H2,13,14,22)/t6-,7-/m0/s1. The second-order valence-electron chi connectivity index (χ2n) is 4.27. The molecule has 0 heterocycles. The zero-order chi connectivity index (χ0) is 17.3. The molecule has 124 valence electrons. The van der Waals surface area contributed by atoms with Gasteiger partial charge in [0, 0.05) is 19.9 Å². The minimum atomic E-state index is -1.48. The van der Waals surface area contributed by atoms with Crippen molar-refractivity contribution in [2.45, 2.75) is 31.8 Å². The zero-order valence-electron chi connectivity index (χ0n) is 11.7. The first-order valence-electron chi connectivity index (χ1n) is 6.12. The van der Waals surface area contributed by atoms with Gasteiger partial charge in [-0.2, -0.15) is 0 Å². The largest absolute Gasteiger partial charge is 0.481 e. The molecular formula is C11H17N3O8. The van der Waals surface area contributed by atoms with Crippen LogP contribution in [0.1, 0.15) is 19.8 Å². The lowest BCUT2D eigenvalue weighted by atomic mass is 10.1. The molecule has 22 heavy (non-hydrogen) atoms. The number of carboxylic acids is 3. The van der Waals surface area contributed by atoms with Gasteiger partial charge in [-0.05, 0) is 6.42 Å². The van der Waals surface area contributed by atoms with Gasteiger partial charge in [0.2, 0.25) is 5.91 Å². The molecule has 0 spiro atoms. The van der Waals surface area contributed by atoms with Gasteiger partial charge in [0.05, 0.1) is 0 Å². The van der Waals surface area contributed by atoms with Crippen LogP contribution in [0.5, 0.6) is 0 Å². The maximum absolute atomic E-state index is 11.6. The van der Waals surface area contributed by atoms with Crippen LogP contribution in [0.25, 0.3) is 0 Å². The molecule has 0 aliphatic rings. The van der Waals surface area contributed by atoms with Crippen LogP contribution in [-0.4, -0.2) is 63.8 Å². The summed E-state index contributed by atoms with van der Waals surface area (Å²) < 4.78 is 0. The minimum absolute atomic E-state index is 0.360. The fourth-order valence-electron chi connectivity index (χ4n) is 1.33. The van der Waals surface area contributed by atoms with E-state index in [0.29, 0.717) is 0 Å². The van der Waals surface area contributed by atoms with Gasteiger partial charge in [0.25, 0.3) is 0 Å². The highest BCUT2D eigenvalue weighted by atomic mass is 16.4. The average Bonchev–Trinajstić information content (AvgIpc) is 2.38. The summed E-state index contributed by atoms with van der Waals surface area (Å²) >= 11 is 0. The van der Waals surface area contributed by atoms with E-state index in [4.69, 9.17) is 15.3 Å². The third kappa shape index (κ3) is 8.35. The molecule has 0 saturated heterocycles. The molecule has 0 aromatic rings. The predicted octanol–water partition coefficient (Wildman–Crippen LogP) is -1.81. The molecule has 11 nitrogen and oxygen atoms in total. The number of nitrogens with one attached hydrogen (secondary N) is 3. The van der Waals surface area contributed by atoms with Crippen LogP contribution in [0.2, 0.25) is 0 Å². The number of carbonyl (C=O) groups excluding carboxylic acids is 2. The van der Waals surface area contributed by atoms with E-state index >= 15 is 0 Å². The summed E-state index contributed by atoms with van der Waals surface area (Å²) in [7, 11) is 0. The van der Waals surface area contributed by atoms with E-state index in [-0.39, 0.29) is 13.0 Å². The first-order chi connectivity index (χ1) is 10.1. The Morgan fingerprint density at radius 1 is 0.909 bits per heavy atom. The molecule has 0 radical (unpaired) electrons. The first kappa shape index (κ1) is 19.1. The Hall–Kier alpha value is -2.85. The molecule has 0 rings (SSSR count). The second-order valence-corrected chi connectivity index (χ2v) is 4.27. The number of hydrogen-bond donors (Lipinski definition) is 6. The van der Waals surface area contributed by atoms with Gasteiger partial charge in [0.1, 0.15) is 12.1 Å². The van der Waals surface area contributed by atoms with Crippen molar-refractivity contribution in [1.29, 1.82) is 0 Å². The Labute approximate surface area is 124 Å². The smallest absolute Gasteiger partial charge is 0.328 e. The predicted molar refractivity (Wildman–Crippen MR) is 70.1 cm³/mol. The highest BCUT2D eigenvalue weighted by molar-refractivity contribution is 5.86. The van der Waals surface area contributed by atoms with Crippen LogP contribution in [0.3, 0.4) is 0 Å². The van der Waals surface area contributed by atoms with Crippen molar-refractivity contribution in [2.24, 2.45) is 0 Å². The maximum Gasteiger partial charge on any atom is 0.328 e. The number of urea groups is 1. The molecule has 0 fully saturated rings. The van der Waals surface area contributed by atoms with E-state index < -0.39 is 48.4 Å². The number of rotatable bonds is 9. The van der Waals surface area contributed by atoms with Crippen molar-refractivity contribution < 1.29 is 39.3 Å². The van der Waals surface area contributed by atoms with Crippen LogP contribution < -0.4 is 16.0 Å².